The number of hydrogen-bond acceptors (Lipinski definition) is 3. The van der Waals surface area contributed by atoms with Gasteiger partial charge in [0.25, 0.3) is 0 Å². The summed E-state index contributed by atoms with van der Waals surface area (Å²) in [6.07, 6.45) is 11.7. The maximum Gasteiger partial charge on any atom is 0.325 e. The van der Waals surface area contributed by atoms with Gasteiger partial charge in [0.15, 0.2) is 0 Å². The van der Waals surface area contributed by atoms with Gasteiger partial charge in [-0.2, -0.15) is 0 Å². The van der Waals surface area contributed by atoms with Crippen molar-refractivity contribution >= 4 is 7.60 Å². The van der Waals surface area contributed by atoms with Crippen LogP contribution >= 0.6 is 7.60 Å². The van der Waals surface area contributed by atoms with Gasteiger partial charge in [0.05, 0.1) is 6.61 Å². The van der Waals surface area contributed by atoms with E-state index < -0.39 is 13.1 Å². The van der Waals surface area contributed by atoms with Gasteiger partial charge in [-0.05, 0) is 49.1 Å². The molecule has 0 bridgehead atoms. The molecule has 1 fully saturated rings. The summed E-state index contributed by atoms with van der Waals surface area (Å²) in [5, 5.41) is 0. The minimum atomic E-state index is -3.46. The van der Waals surface area contributed by atoms with E-state index in [0.29, 0.717) is 5.92 Å². The van der Waals surface area contributed by atoms with Crippen LogP contribution < -0.4 is 5.73 Å². The normalized spacial score (nSPS) is 25.3. The van der Waals surface area contributed by atoms with Crippen molar-refractivity contribution in [3.8, 4) is 0 Å². The molecule has 3 unspecified atom stereocenters. The molecule has 0 aliphatic heterocycles. The van der Waals surface area contributed by atoms with Crippen LogP contribution in [0.25, 0.3) is 0 Å². The number of rotatable bonds is 11. The maximum absolute atomic E-state index is 11.4. The second-order valence-corrected chi connectivity index (χ2v) is 10.0. The molecule has 0 amide bonds. The minimum absolute atomic E-state index is 0.158. The molecule has 5 heteroatoms. The van der Waals surface area contributed by atoms with Gasteiger partial charge in [-0.15, -0.1) is 0 Å². The molecule has 1 saturated carbocycles. The van der Waals surface area contributed by atoms with Crippen LogP contribution in [0.1, 0.15) is 81.8 Å². The zero-order valence-electron chi connectivity index (χ0n) is 16.5. The largest absolute Gasteiger partial charge is 0.325 e. The Kier molecular flexibility index (Phi) is 8.35. The van der Waals surface area contributed by atoms with Crippen LogP contribution in [-0.4, -0.2) is 23.7 Å². The molecule has 0 saturated heterocycles. The van der Waals surface area contributed by atoms with Crippen molar-refractivity contribution in [3.63, 3.8) is 0 Å². The Morgan fingerprint density at radius 2 is 2.00 bits per heavy atom. The summed E-state index contributed by atoms with van der Waals surface area (Å²) in [4.78, 5) is 9.34. The van der Waals surface area contributed by atoms with Crippen molar-refractivity contribution in [2.45, 2.75) is 82.6 Å². The fraction of sp³-hybridized carbons (Fsp3) is 0.714. The second kappa shape index (κ2) is 10.0. The molecule has 1 aliphatic rings. The average Bonchev–Trinajstić information content (AvgIpc) is 2.99. The van der Waals surface area contributed by atoms with Crippen molar-refractivity contribution in [2.24, 2.45) is 5.73 Å². The smallest absolute Gasteiger partial charge is 0.324 e. The highest BCUT2D eigenvalue weighted by Gasteiger charge is 2.37. The summed E-state index contributed by atoms with van der Waals surface area (Å²) in [5.41, 5.74) is 8.69. The first kappa shape index (κ1) is 21.6. The van der Waals surface area contributed by atoms with Crippen LogP contribution in [0.4, 0.5) is 0 Å². The lowest BCUT2D eigenvalue weighted by Crippen LogP contribution is -2.41. The number of aryl methyl sites for hydroxylation is 1. The van der Waals surface area contributed by atoms with Gasteiger partial charge >= 0.3 is 7.60 Å². The summed E-state index contributed by atoms with van der Waals surface area (Å²) < 4.78 is 16.5. The third kappa shape index (κ3) is 7.52. The fourth-order valence-corrected chi connectivity index (χ4v) is 4.43. The SMILES string of the molecule is CCCCCCCCc1cccc(C2CCC(N)(COP(C)(=O)O)C2)c1. The van der Waals surface area contributed by atoms with Crippen LogP contribution in [0.2, 0.25) is 0 Å². The van der Waals surface area contributed by atoms with Gasteiger partial charge < -0.3 is 15.2 Å². The zero-order chi connectivity index (χ0) is 19.0. The van der Waals surface area contributed by atoms with E-state index in [1.807, 2.05) is 0 Å². The first-order valence-corrected chi connectivity index (χ1v) is 12.2. The first-order chi connectivity index (χ1) is 12.3. The van der Waals surface area contributed by atoms with E-state index in [9.17, 15) is 9.46 Å². The highest BCUT2D eigenvalue weighted by molar-refractivity contribution is 7.51. The molecule has 1 aliphatic carbocycles. The molecule has 1 aromatic carbocycles. The molecule has 26 heavy (non-hydrogen) atoms. The van der Waals surface area contributed by atoms with E-state index in [0.717, 1.165) is 25.7 Å². The number of unbranched alkanes of at least 4 members (excludes halogenated alkanes) is 5. The Balaban J connectivity index is 1.83. The van der Waals surface area contributed by atoms with Gasteiger partial charge in [0, 0.05) is 12.2 Å². The summed E-state index contributed by atoms with van der Waals surface area (Å²) >= 11 is 0. The standard InChI is InChI=1S/C21H36NO3P/c1-3-4-5-6-7-8-10-18-11-9-12-19(15-18)20-13-14-21(22,16-20)17-25-26(2,23)24/h9,11-12,15,20H,3-8,10,13-14,16-17,22H2,1-2H3,(H,23,24). The quantitative estimate of drug-likeness (QED) is 0.398. The van der Waals surface area contributed by atoms with E-state index in [-0.39, 0.29) is 6.61 Å². The lowest BCUT2D eigenvalue weighted by Gasteiger charge is -2.24. The van der Waals surface area contributed by atoms with E-state index in [4.69, 9.17) is 10.3 Å². The van der Waals surface area contributed by atoms with E-state index >= 15 is 0 Å². The maximum atomic E-state index is 11.4. The van der Waals surface area contributed by atoms with Crippen molar-refractivity contribution in [1.29, 1.82) is 0 Å². The van der Waals surface area contributed by atoms with Crippen LogP contribution in [0.5, 0.6) is 0 Å². The third-order valence-corrected chi connectivity index (χ3v) is 6.08. The van der Waals surface area contributed by atoms with Crippen LogP contribution in [-0.2, 0) is 15.5 Å². The van der Waals surface area contributed by atoms with Gasteiger partial charge in [-0.25, -0.2) is 0 Å². The summed E-state index contributed by atoms with van der Waals surface area (Å²) in [6, 6.07) is 8.91. The number of hydrogen-bond donors (Lipinski definition) is 2. The van der Waals surface area contributed by atoms with Crippen LogP contribution in [0.15, 0.2) is 24.3 Å². The molecule has 3 atom stereocenters. The Morgan fingerprint density at radius 1 is 1.27 bits per heavy atom. The first-order valence-electron chi connectivity index (χ1n) is 10.1. The summed E-state index contributed by atoms with van der Waals surface area (Å²) in [5.74, 6) is 0.419. The Labute approximate surface area is 159 Å². The minimum Gasteiger partial charge on any atom is -0.324 e. The predicted octanol–water partition coefficient (Wildman–Crippen LogP) is 5.39. The lowest BCUT2D eigenvalue weighted by molar-refractivity contribution is 0.195. The van der Waals surface area contributed by atoms with Crippen molar-refractivity contribution < 1.29 is 14.0 Å². The van der Waals surface area contributed by atoms with Gasteiger partial charge in [-0.1, -0.05) is 63.3 Å². The zero-order valence-corrected chi connectivity index (χ0v) is 17.3. The van der Waals surface area contributed by atoms with Gasteiger partial charge in [0.1, 0.15) is 0 Å². The molecule has 0 radical (unpaired) electrons. The molecule has 1 aromatic rings. The molecular formula is C21H36NO3P. The van der Waals surface area contributed by atoms with Crippen molar-refractivity contribution in [3.05, 3.63) is 35.4 Å². The molecule has 4 nitrogen and oxygen atoms in total. The van der Waals surface area contributed by atoms with E-state index in [1.54, 1.807) is 0 Å². The van der Waals surface area contributed by atoms with E-state index in [1.165, 1.54) is 56.3 Å². The number of nitrogens with two attached hydrogens (primary N) is 1. The summed E-state index contributed by atoms with van der Waals surface area (Å²) in [7, 11) is -3.46. The monoisotopic (exact) mass is 381 g/mol. The molecule has 0 spiro atoms. The summed E-state index contributed by atoms with van der Waals surface area (Å²) in [6.45, 7) is 3.63. The second-order valence-electron chi connectivity index (χ2n) is 8.14. The van der Waals surface area contributed by atoms with Gasteiger partial charge in [-0.3, -0.25) is 4.57 Å². The third-order valence-electron chi connectivity index (χ3n) is 5.48. The molecule has 2 rings (SSSR count). The Hall–Kier alpha value is -0.670. The van der Waals surface area contributed by atoms with Crippen LogP contribution in [0, 0.1) is 0 Å². The van der Waals surface area contributed by atoms with E-state index in [2.05, 4.69) is 31.2 Å². The highest BCUT2D eigenvalue weighted by Crippen LogP contribution is 2.44. The Bertz CT molecular complexity index is 601. The fourth-order valence-electron chi connectivity index (χ4n) is 3.93. The van der Waals surface area contributed by atoms with Crippen LogP contribution in [0.3, 0.4) is 0 Å². The molecule has 0 aromatic heterocycles. The number of benzene rings is 1. The van der Waals surface area contributed by atoms with Crippen molar-refractivity contribution in [1.82, 2.24) is 0 Å². The molecule has 0 heterocycles. The van der Waals surface area contributed by atoms with Gasteiger partial charge in [0.2, 0.25) is 0 Å². The Morgan fingerprint density at radius 3 is 2.73 bits per heavy atom. The average molecular weight is 381 g/mol. The topological polar surface area (TPSA) is 72.5 Å². The molecule has 3 N–H and O–H groups in total. The lowest BCUT2D eigenvalue weighted by atomic mass is 9.92. The van der Waals surface area contributed by atoms with Crippen molar-refractivity contribution in [2.75, 3.05) is 13.3 Å². The molecule has 148 valence electrons. The highest BCUT2D eigenvalue weighted by atomic mass is 31.2. The predicted molar refractivity (Wildman–Crippen MR) is 109 cm³/mol. The molecular weight excluding hydrogens is 345 g/mol.